The van der Waals surface area contributed by atoms with Crippen molar-refractivity contribution in [1.29, 1.82) is 0 Å². The first-order chi connectivity index (χ1) is 20.0. The molecule has 3 heterocycles. The van der Waals surface area contributed by atoms with E-state index in [4.69, 9.17) is 4.74 Å². The van der Waals surface area contributed by atoms with Crippen LogP contribution in [0.2, 0.25) is 18.6 Å². The van der Waals surface area contributed by atoms with Crippen LogP contribution in [-0.2, 0) is 31.3 Å². The maximum Gasteiger partial charge on any atom is 0.264 e. The van der Waals surface area contributed by atoms with E-state index in [0.29, 0.717) is 23.5 Å². The third-order valence-corrected chi connectivity index (χ3v) is 11.6. The molecule has 2 aromatic carbocycles. The van der Waals surface area contributed by atoms with Crippen LogP contribution in [-0.4, -0.2) is 79.7 Å². The van der Waals surface area contributed by atoms with E-state index in [1.165, 1.54) is 0 Å². The molecule has 3 amide bonds. The van der Waals surface area contributed by atoms with E-state index < -0.39 is 31.5 Å². The van der Waals surface area contributed by atoms with Crippen molar-refractivity contribution in [1.82, 2.24) is 10.2 Å². The normalized spacial score (nSPS) is 27.0. The minimum absolute atomic E-state index is 0.0311. The summed E-state index contributed by atoms with van der Waals surface area (Å²) in [6.45, 7) is 6.67. The van der Waals surface area contributed by atoms with Crippen LogP contribution in [0.15, 0.2) is 48.5 Å². The van der Waals surface area contributed by atoms with Crippen molar-refractivity contribution in [2.24, 2.45) is 5.92 Å². The van der Waals surface area contributed by atoms with Gasteiger partial charge in [-0.1, -0.05) is 37.3 Å². The highest BCUT2D eigenvalue weighted by Crippen LogP contribution is 2.59. The highest BCUT2D eigenvalue weighted by Gasteiger charge is 2.66. The second-order valence-corrected chi connectivity index (χ2v) is 16.3. The molecule has 0 aromatic heterocycles. The van der Waals surface area contributed by atoms with E-state index >= 15 is 0 Å². The number of likely N-dealkylation sites (N-methyl/N-ethyl adjacent to an activating group) is 1. The Morgan fingerprint density at radius 3 is 2.60 bits per heavy atom. The van der Waals surface area contributed by atoms with Gasteiger partial charge in [0, 0.05) is 42.8 Å². The van der Waals surface area contributed by atoms with Crippen LogP contribution < -0.4 is 15.5 Å². The number of hydrogen-bond acceptors (Lipinski definition) is 7. The Hall–Kier alpha value is -3.09. The van der Waals surface area contributed by atoms with Crippen LogP contribution in [0.5, 0.6) is 0 Å². The van der Waals surface area contributed by atoms with Crippen LogP contribution in [0.3, 0.4) is 0 Å². The predicted octanol–water partition coefficient (Wildman–Crippen LogP) is 2.56. The van der Waals surface area contributed by atoms with Gasteiger partial charge in [-0.15, -0.1) is 0 Å². The maximum absolute atomic E-state index is 14.0. The SMILES string of the molecule is C[C@@H]1[C@@H]([Si](C)(C)O)[C@H](CC(=O)N(CCO)Cc2ccccc2)O[C@@]12C(=O)N(C)c1ccc(NC(=O)[C@H]3CCCN3)cc12. The van der Waals surface area contributed by atoms with Gasteiger partial charge in [0.15, 0.2) is 13.9 Å². The van der Waals surface area contributed by atoms with Crippen LogP contribution in [0.4, 0.5) is 11.4 Å². The molecular formula is C31H42N4O6Si. The zero-order valence-corrected chi connectivity index (χ0v) is 25.8. The Morgan fingerprint density at radius 1 is 1.21 bits per heavy atom. The van der Waals surface area contributed by atoms with Gasteiger partial charge in [0.1, 0.15) is 0 Å². The third-order valence-electron chi connectivity index (χ3n) is 9.07. The molecule has 226 valence electrons. The number of nitrogens with one attached hydrogen (secondary N) is 2. The molecule has 11 heteroatoms. The van der Waals surface area contributed by atoms with Gasteiger partial charge in [-0.05, 0) is 56.2 Å². The van der Waals surface area contributed by atoms with Gasteiger partial charge in [-0.3, -0.25) is 14.4 Å². The number of hydrogen-bond donors (Lipinski definition) is 4. The number of anilines is 2. The van der Waals surface area contributed by atoms with Crippen LogP contribution in [0.25, 0.3) is 0 Å². The summed E-state index contributed by atoms with van der Waals surface area (Å²) in [4.78, 5) is 55.2. The predicted molar refractivity (Wildman–Crippen MR) is 162 cm³/mol. The molecule has 2 aromatic rings. The minimum Gasteiger partial charge on any atom is -0.432 e. The molecule has 0 unspecified atom stereocenters. The first-order valence-corrected chi connectivity index (χ1v) is 17.8. The minimum atomic E-state index is -2.96. The number of amides is 3. The second kappa shape index (κ2) is 11.9. The Labute approximate surface area is 248 Å². The summed E-state index contributed by atoms with van der Waals surface area (Å²) >= 11 is 0. The smallest absolute Gasteiger partial charge is 0.264 e. The van der Waals surface area contributed by atoms with Crippen molar-refractivity contribution in [3.63, 3.8) is 0 Å². The number of nitrogens with zero attached hydrogens (tertiary/aromatic N) is 2. The van der Waals surface area contributed by atoms with E-state index in [1.54, 1.807) is 29.0 Å². The Morgan fingerprint density at radius 2 is 1.95 bits per heavy atom. The average Bonchev–Trinajstić information content (AvgIpc) is 3.64. The van der Waals surface area contributed by atoms with Crippen LogP contribution >= 0.6 is 0 Å². The number of ether oxygens (including phenoxy) is 1. The van der Waals surface area contributed by atoms with Gasteiger partial charge in [-0.25, -0.2) is 0 Å². The fourth-order valence-corrected chi connectivity index (χ4v) is 9.67. The molecule has 10 nitrogen and oxygen atoms in total. The monoisotopic (exact) mass is 594 g/mol. The van der Waals surface area contributed by atoms with Crippen molar-refractivity contribution in [2.45, 2.75) is 69.1 Å². The standard InChI is InChI=1S/C31H42N4O6Si/c1-20-28(42(3,4)40)26(18-27(37)35(15-16-36)19-21-9-6-5-7-10-21)41-31(20)23-17-22(12-13-25(23)34(2)30(31)39)33-29(38)24-11-8-14-32-24/h5-7,9-10,12-13,17,20,24,26,28,32,36,40H,8,11,14-16,18-19H2,1-4H3,(H,33,38)/t20-,24-,26+,28-,31+/m1/s1. The van der Waals surface area contributed by atoms with Crippen molar-refractivity contribution in [2.75, 3.05) is 37.0 Å². The Bertz CT molecular complexity index is 1330. The quantitative estimate of drug-likeness (QED) is 0.328. The van der Waals surface area contributed by atoms with Gasteiger partial charge < -0.3 is 35.1 Å². The molecule has 2 fully saturated rings. The molecule has 1 spiro atoms. The molecule has 0 saturated carbocycles. The summed E-state index contributed by atoms with van der Waals surface area (Å²) in [7, 11) is -1.26. The summed E-state index contributed by atoms with van der Waals surface area (Å²) in [5.74, 6) is -1.01. The van der Waals surface area contributed by atoms with E-state index in [9.17, 15) is 24.3 Å². The number of fused-ring (bicyclic) bond motifs is 2. The summed E-state index contributed by atoms with van der Waals surface area (Å²) in [6.07, 6.45) is 0.976. The number of benzene rings is 2. The summed E-state index contributed by atoms with van der Waals surface area (Å²) in [5, 5.41) is 15.9. The van der Waals surface area contributed by atoms with Gasteiger partial charge >= 0.3 is 0 Å². The topological polar surface area (TPSA) is 131 Å². The zero-order chi connectivity index (χ0) is 30.2. The molecule has 42 heavy (non-hydrogen) atoms. The second-order valence-electron chi connectivity index (χ2n) is 12.3. The Kier molecular flexibility index (Phi) is 8.59. The lowest BCUT2D eigenvalue weighted by Crippen LogP contribution is -2.45. The van der Waals surface area contributed by atoms with Gasteiger partial charge in [0.2, 0.25) is 11.8 Å². The lowest BCUT2D eigenvalue weighted by molar-refractivity contribution is -0.149. The number of carbonyl (C=O) groups excluding carboxylic acids is 3. The van der Waals surface area contributed by atoms with Gasteiger partial charge in [0.05, 0.1) is 30.9 Å². The fraction of sp³-hybridized carbons (Fsp3) is 0.516. The summed E-state index contributed by atoms with van der Waals surface area (Å²) in [6, 6.07) is 14.7. The molecule has 0 radical (unpaired) electrons. The lowest BCUT2D eigenvalue weighted by atomic mass is 9.82. The summed E-state index contributed by atoms with van der Waals surface area (Å²) < 4.78 is 6.73. The van der Waals surface area contributed by atoms with Crippen molar-refractivity contribution < 1.29 is 29.0 Å². The third kappa shape index (κ3) is 5.51. The molecule has 5 rings (SSSR count). The number of aliphatic hydroxyl groups is 1. The maximum atomic E-state index is 14.0. The molecule has 3 aliphatic rings. The van der Waals surface area contributed by atoms with Crippen LogP contribution in [0.1, 0.15) is 37.3 Å². The van der Waals surface area contributed by atoms with Crippen LogP contribution in [0, 0.1) is 5.92 Å². The van der Waals surface area contributed by atoms with Gasteiger partial charge in [-0.2, -0.15) is 0 Å². The zero-order valence-electron chi connectivity index (χ0n) is 24.8. The molecule has 0 aliphatic carbocycles. The van der Waals surface area contributed by atoms with E-state index in [0.717, 1.165) is 24.9 Å². The highest BCUT2D eigenvalue weighted by atomic mass is 28.4. The van der Waals surface area contributed by atoms with Crippen molar-refractivity contribution in [3.8, 4) is 0 Å². The fourth-order valence-electron chi connectivity index (χ4n) is 7.12. The van der Waals surface area contributed by atoms with E-state index in [2.05, 4.69) is 10.6 Å². The average molecular weight is 595 g/mol. The largest absolute Gasteiger partial charge is 0.432 e. The number of rotatable bonds is 9. The van der Waals surface area contributed by atoms with Crippen molar-refractivity contribution in [3.05, 3.63) is 59.7 Å². The summed E-state index contributed by atoms with van der Waals surface area (Å²) in [5.41, 5.74) is 0.999. The molecule has 5 atom stereocenters. The van der Waals surface area contributed by atoms with Gasteiger partial charge in [0.25, 0.3) is 5.91 Å². The van der Waals surface area contributed by atoms with E-state index in [-0.39, 0.29) is 43.3 Å². The van der Waals surface area contributed by atoms with Crippen molar-refractivity contribution >= 4 is 37.4 Å². The number of carbonyl (C=O) groups is 3. The molecule has 3 aliphatic heterocycles. The molecule has 4 N–H and O–H groups in total. The lowest BCUT2D eigenvalue weighted by Gasteiger charge is -2.32. The molecule has 0 bridgehead atoms. The Balaban J connectivity index is 1.46. The number of aliphatic hydroxyl groups excluding tert-OH is 1. The van der Waals surface area contributed by atoms with E-state index in [1.807, 2.05) is 56.4 Å². The molecule has 2 saturated heterocycles. The highest BCUT2D eigenvalue weighted by molar-refractivity contribution is 6.71. The molecular weight excluding hydrogens is 552 g/mol. The first kappa shape index (κ1) is 30.4. The first-order valence-electron chi connectivity index (χ1n) is 14.8.